The van der Waals surface area contributed by atoms with E-state index in [4.69, 9.17) is 4.18 Å². The third-order valence-corrected chi connectivity index (χ3v) is 6.74. The van der Waals surface area contributed by atoms with Crippen molar-refractivity contribution in [3.63, 3.8) is 0 Å². The van der Waals surface area contributed by atoms with Gasteiger partial charge in [0, 0.05) is 49.4 Å². The Balaban J connectivity index is 1.37. The second kappa shape index (κ2) is 9.94. The smallest absolute Gasteiger partial charge is 0.339 e. The van der Waals surface area contributed by atoms with Crippen molar-refractivity contribution in [1.82, 2.24) is 9.80 Å². The van der Waals surface area contributed by atoms with Gasteiger partial charge in [-0.1, -0.05) is 24.3 Å². The molecule has 0 unspecified atom stereocenters. The van der Waals surface area contributed by atoms with E-state index in [1.165, 1.54) is 42.5 Å². The fourth-order valence-corrected chi connectivity index (χ4v) is 4.61. The zero-order chi connectivity index (χ0) is 25.0. The maximum atomic E-state index is 12.9. The summed E-state index contributed by atoms with van der Waals surface area (Å²) >= 11 is 0. The molecule has 0 spiro atoms. The number of carbonyl (C=O) groups is 2. The fraction of sp³-hybridized carbons (Fsp3) is 0.167. The molecule has 1 fully saturated rings. The lowest BCUT2D eigenvalue weighted by Crippen LogP contribution is -2.50. The molecule has 0 saturated carbocycles. The van der Waals surface area contributed by atoms with Crippen LogP contribution in [0.25, 0.3) is 0 Å². The first-order chi connectivity index (χ1) is 16.7. The van der Waals surface area contributed by atoms with Crippen LogP contribution in [0.2, 0.25) is 0 Å². The van der Waals surface area contributed by atoms with Gasteiger partial charge in [0.25, 0.3) is 17.5 Å². The Morgan fingerprint density at radius 1 is 0.771 bits per heavy atom. The molecule has 2 amide bonds. The first-order valence-electron chi connectivity index (χ1n) is 10.7. The number of hydrogen-bond acceptors (Lipinski definition) is 7. The Morgan fingerprint density at radius 3 is 1.86 bits per heavy atom. The molecule has 0 aliphatic carbocycles. The molecular formula is C24H21N3O7S. The number of hydrogen-bond donors (Lipinski definition) is 0. The highest BCUT2D eigenvalue weighted by atomic mass is 32.2. The molecule has 0 N–H and O–H groups in total. The number of carbonyl (C=O) groups excluding carboxylic acids is 2. The molecule has 0 bridgehead atoms. The summed E-state index contributed by atoms with van der Waals surface area (Å²) in [6, 6.07) is 19.1. The highest BCUT2D eigenvalue weighted by Crippen LogP contribution is 2.23. The van der Waals surface area contributed by atoms with Gasteiger partial charge < -0.3 is 14.0 Å². The number of non-ortho nitro benzene ring substituents is 1. The molecule has 1 heterocycles. The molecule has 11 heteroatoms. The topological polar surface area (TPSA) is 127 Å². The number of nitro groups is 1. The van der Waals surface area contributed by atoms with Gasteiger partial charge >= 0.3 is 10.1 Å². The quantitative estimate of drug-likeness (QED) is 0.292. The van der Waals surface area contributed by atoms with E-state index in [1.54, 1.807) is 34.1 Å². The summed E-state index contributed by atoms with van der Waals surface area (Å²) in [5, 5.41) is 10.9. The Kier molecular flexibility index (Phi) is 6.78. The van der Waals surface area contributed by atoms with Crippen LogP contribution in [0.5, 0.6) is 5.75 Å². The van der Waals surface area contributed by atoms with Crippen LogP contribution in [-0.2, 0) is 10.1 Å². The van der Waals surface area contributed by atoms with Gasteiger partial charge in [-0.3, -0.25) is 19.7 Å². The zero-order valence-corrected chi connectivity index (χ0v) is 19.3. The van der Waals surface area contributed by atoms with E-state index in [9.17, 15) is 28.1 Å². The van der Waals surface area contributed by atoms with E-state index >= 15 is 0 Å². The molecule has 0 atom stereocenters. The molecule has 180 valence electrons. The molecule has 10 nitrogen and oxygen atoms in total. The average Bonchev–Trinajstić information content (AvgIpc) is 2.89. The number of rotatable bonds is 6. The van der Waals surface area contributed by atoms with Gasteiger partial charge in [0.2, 0.25) is 0 Å². The monoisotopic (exact) mass is 495 g/mol. The maximum Gasteiger partial charge on any atom is 0.339 e. The Bertz CT molecular complexity index is 1350. The van der Waals surface area contributed by atoms with E-state index in [0.717, 1.165) is 6.07 Å². The molecule has 4 rings (SSSR count). The van der Waals surface area contributed by atoms with Crippen molar-refractivity contribution in [3.05, 3.63) is 100 Å². The van der Waals surface area contributed by atoms with Gasteiger partial charge in [-0.25, -0.2) is 0 Å². The lowest BCUT2D eigenvalue weighted by atomic mass is 10.1. The van der Waals surface area contributed by atoms with Crippen molar-refractivity contribution in [3.8, 4) is 5.75 Å². The lowest BCUT2D eigenvalue weighted by molar-refractivity contribution is -0.385. The van der Waals surface area contributed by atoms with E-state index in [1.807, 2.05) is 6.07 Å². The minimum absolute atomic E-state index is 0.0358. The van der Waals surface area contributed by atoms with Crippen LogP contribution in [0.1, 0.15) is 20.7 Å². The summed E-state index contributed by atoms with van der Waals surface area (Å²) in [4.78, 5) is 38.6. The molecule has 1 aliphatic heterocycles. The van der Waals surface area contributed by atoms with Crippen LogP contribution in [0.3, 0.4) is 0 Å². The first-order valence-corrected chi connectivity index (χ1v) is 12.1. The number of amides is 2. The van der Waals surface area contributed by atoms with Gasteiger partial charge in [0.05, 0.1) is 4.92 Å². The van der Waals surface area contributed by atoms with Crippen LogP contribution in [-0.4, -0.2) is 61.1 Å². The maximum absolute atomic E-state index is 12.9. The molecule has 0 radical (unpaired) electrons. The normalized spacial score (nSPS) is 13.8. The summed E-state index contributed by atoms with van der Waals surface area (Å²) in [5.41, 5.74) is 0.567. The molecule has 1 saturated heterocycles. The zero-order valence-electron chi connectivity index (χ0n) is 18.4. The van der Waals surface area contributed by atoms with Crippen LogP contribution in [0.4, 0.5) is 5.69 Å². The number of nitro benzene ring substituents is 1. The number of benzene rings is 3. The highest BCUT2D eigenvalue weighted by Gasteiger charge is 2.26. The average molecular weight is 496 g/mol. The predicted molar refractivity (Wildman–Crippen MR) is 126 cm³/mol. The van der Waals surface area contributed by atoms with Crippen molar-refractivity contribution >= 4 is 27.6 Å². The molecule has 0 aromatic heterocycles. The highest BCUT2D eigenvalue weighted by molar-refractivity contribution is 7.87. The van der Waals surface area contributed by atoms with Gasteiger partial charge in [-0.2, -0.15) is 8.42 Å². The van der Waals surface area contributed by atoms with Gasteiger partial charge in [-0.15, -0.1) is 0 Å². The minimum Gasteiger partial charge on any atom is -0.379 e. The van der Waals surface area contributed by atoms with Gasteiger partial charge in [-0.05, 0) is 42.5 Å². The van der Waals surface area contributed by atoms with Crippen LogP contribution < -0.4 is 4.18 Å². The third kappa shape index (κ3) is 5.46. The molecule has 1 aliphatic rings. The van der Waals surface area contributed by atoms with Crippen molar-refractivity contribution in [2.75, 3.05) is 26.2 Å². The first kappa shape index (κ1) is 23.9. The third-order valence-electron chi connectivity index (χ3n) is 5.50. The molecule has 3 aromatic rings. The summed E-state index contributed by atoms with van der Waals surface area (Å²) in [6.07, 6.45) is 0. The van der Waals surface area contributed by atoms with Crippen molar-refractivity contribution in [2.45, 2.75) is 4.90 Å². The van der Waals surface area contributed by atoms with Gasteiger partial charge in [0.15, 0.2) is 0 Å². The minimum atomic E-state index is -4.30. The van der Waals surface area contributed by atoms with E-state index in [0.29, 0.717) is 37.3 Å². The van der Waals surface area contributed by atoms with Crippen molar-refractivity contribution in [1.29, 1.82) is 0 Å². The summed E-state index contributed by atoms with van der Waals surface area (Å²) in [6.45, 7) is 1.55. The van der Waals surface area contributed by atoms with Crippen molar-refractivity contribution < 1.29 is 27.1 Å². The molecule has 35 heavy (non-hydrogen) atoms. The van der Waals surface area contributed by atoms with Crippen LogP contribution >= 0.6 is 0 Å². The van der Waals surface area contributed by atoms with E-state index in [-0.39, 0.29) is 28.1 Å². The number of nitrogens with zero attached hydrogens (tertiary/aromatic N) is 3. The summed E-state index contributed by atoms with van der Waals surface area (Å²) < 4.78 is 30.0. The van der Waals surface area contributed by atoms with Crippen molar-refractivity contribution in [2.24, 2.45) is 0 Å². The standard InChI is InChI=1S/C24H21N3O7S/c28-23(18-5-2-1-3-6-18)25-13-15-26(16-14-25)24(29)19-9-11-21(12-10-19)34-35(32,33)22-8-4-7-20(17-22)27(30)31/h1-12,17H,13-16H2. The largest absolute Gasteiger partial charge is 0.379 e. The predicted octanol–water partition coefficient (Wildman–Crippen LogP) is 2.96. The lowest BCUT2D eigenvalue weighted by Gasteiger charge is -2.34. The van der Waals surface area contributed by atoms with Gasteiger partial charge in [0.1, 0.15) is 10.6 Å². The Labute approximate surface area is 201 Å². The van der Waals surface area contributed by atoms with E-state index < -0.39 is 15.0 Å². The summed E-state index contributed by atoms with van der Waals surface area (Å²) in [7, 11) is -4.30. The van der Waals surface area contributed by atoms with Crippen LogP contribution in [0.15, 0.2) is 83.8 Å². The molecule has 3 aromatic carbocycles. The Hall–Kier alpha value is -4.25. The second-order valence-corrected chi connectivity index (χ2v) is 9.31. The fourth-order valence-electron chi connectivity index (χ4n) is 3.64. The number of piperazine rings is 1. The van der Waals surface area contributed by atoms with Crippen LogP contribution in [0, 0.1) is 10.1 Å². The Morgan fingerprint density at radius 2 is 1.31 bits per heavy atom. The SMILES string of the molecule is O=C(c1ccccc1)N1CCN(C(=O)c2ccc(OS(=O)(=O)c3cccc([N+](=O)[O-])c3)cc2)CC1. The summed E-state index contributed by atoms with van der Waals surface area (Å²) in [5.74, 6) is -0.361. The van der Waals surface area contributed by atoms with E-state index in [2.05, 4.69) is 0 Å². The molecular weight excluding hydrogens is 474 g/mol. The second-order valence-electron chi connectivity index (χ2n) is 7.77.